The van der Waals surface area contributed by atoms with E-state index in [1.54, 1.807) is 21.9 Å². The highest BCUT2D eigenvalue weighted by Crippen LogP contribution is 2.04. The molecule has 0 radical (unpaired) electrons. The van der Waals surface area contributed by atoms with Crippen molar-refractivity contribution < 1.29 is 4.79 Å². The molecule has 0 unspecified atom stereocenters. The zero-order chi connectivity index (χ0) is 15.4. The van der Waals surface area contributed by atoms with Crippen molar-refractivity contribution in [2.75, 3.05) is 5.32 Å². The number of carbonyl (C=O) groups excluding carboxylic acids is 1. The number of amides is 1. The molecule has 0 aliphatic carbocycles. The first-order chi connectivity index (χ1) is 10.7. The quantitative estimate of drug-likeness (QED) is 0.773. The second-order valence-electron chi connectivity index (χ2n) is 4.93. The van der Waals surface area contributed by atoms with Crippen LogP contribution in [0.15, 0.2) is 48.9 Å². The highest BCUT2D eigenvalue weighted by molar-refractivity contribution is 5.88. The number of anilines is 1. The second kappa shape index (κ2) is 6.21. The molecule has 3 aromatic rings. The molecule has 2 aromatic heterocycles. The molecular formula is C15H16N6O. The van der Waals surface area contributed by atoms with Gasteiger partial charge in [0.1, 0.15) is 12.9 Å². The molecule has 0 fully saturated rings. The van der Waals surface area contributed by atoms with Crippen LogP contribution in [0.5, 0.6) is 0 Å². The van der Waals surface area contributed by atoms with E-state index in [4.69, 9.17) is 0 Å². The van der Waals surface area contributed by atoms with Gasteiger partial charge in [-0.3, -0.25) is 14.8 Å². The molecule has 1 N–H and O–H groups in total. The first-order valence-corrected chi connectivity index (χ1v) is 6.92. The predicted molar refractivity (Wildman–Crippen MR) is 81.2 cm³/mol. The van der Waals surface area contributed by atoms with Crippen LogP contribution in [0.1, 0.15) is 11.3 Å². The Morgan fingerprint density at radius 1 is 1.23 bits per heavy atom. The molecule has 7 heteroatoms. The van der Waals surface area contributed by atoms with E-state index in [2.05, 4.69) is 20.5 Å². The van der Waals surface area contributed by atoms with Crippen LogP contribution < -0.4 is 5.32 Å². The van der Waals surface area contributed by atoms with Crippen molar-refractivity contribution in [1.29, 1.82) is 0 Å². The van der Waals surface area contributed by atoms with Gasteiger partial charge in [0.2, 0.25) is 11.9 Å². The van der Waals surface area contributed by atoms with Crippen LogP contribution in [-0.4, -0.2) is 30.5 Å². The van der Waals surface area contributed by atoms with Gasteiger partial charge in [-0.05, 0) is 18.6 Å². The fraction of sp³-hybridized carbons (Fsp3) is 0.200. The summed E-state index contributed by atoms with van der Waals surface area (Å²) < 4.78 is 3.31. The van der Waals surface area contributed by atoms with Crippen molar-refractivity contribution in [3.63, 3.8) is 0 Å². The molecule has 3 rings (SSSR count). The summed E-state index contributed by atoms with van der Waals surface area (Å²) in [7, 11) is 0. The fourth-order valence-corrected chi connectivity index (χ4v) is 2.06. The minimum absolute atomic E-state index is 0.145. The summed E-state index contributed by atoms with van der Waals surface area (Å²) in [5.74, 6) is 0.0926. The summed E-state index contributed by atoms with van der Waals surface area (Å²) >= 11 is 0. The number of hydrogen-bond acceptors (Lipinski definition) is 4. The zero-order valence-electron chi connectivity index (χ0n) is 12.2. The van der Waals surface area contributed by atoms with E-state index < -0.39 is 0 Å². The molecule has 0 bridgehead atoms. The molecule has 0 saturated heterocycles. The van der Waals surface area contributed by atoms with E-state index in [9.17, 15) is 4.79 Å². The van der Waals surface area contributed by atoms with Crippen molar-refractivity contribution >= 4 is 11.9 Å². The van der Waals surface area contributed by atoms with Gasteiger partial charge in [0.25, 0.3) is 0 Å². The smallest absolute Gasteiger partial charge is 0.248 e. The van der Waals surface area contributed by atoms with Crippen molar-refractivity contribution in [1.82, 2.24) is 24.5 Å². The molecule has 2 heterocycles. The Labute approximate surface area is 127 Å². The van der Waals surface area contributed by atoms with Gasteiger partial charge in [-0.2, -0.15) is 5.10 Å². The van der Waals surface area contributed by atoms with Gasteiger partial charge in [-0.25, -0.2) is 9.67 Å². The fourth-order valence-electron chi connectivity index (χ4n) is 2.06. The molecule has 1 amide bonds. The van der Waals surface area contributed by atoms with Crippen LogP contribution in [0.4, 0.5) is 5.95 Å². The number of nitrogens with one attached hydrogen (secondary N) is 1. The third kappa shape index (κ3) is 3.38. The largest absolute Gasteiger partial charge is 0.292 e. The molecule has 0 saturated carbocycles. The van der Waals surface area contributed by atoms with E-state index in [1.165, 1.54) is 0 Å². The Hall–Kier alpha value is -2.96. The maximum Gasteiger partial charge on any atom is 0.248 e. The average Bonchev–Trinajstić information content (AvgIpc) is 3.10. The van der Waals surface area contributed by atoms with Crippen LogP contribution >= 0.6 is 0 Å². The van der Waals surface area contributed by atoms with E-state index in [-0.39, 0.29) is 12.5 Å². The monoisotopic (exact) mass is 296 g/mol. The Balaban J connectivity index is 1.59. The van der Waals surface area contributed by atoms with Crippen LogP contribution in [0.2, 0.25) is 0 Å². The Bertz CT molecular complexity index is 761. The lowest BCUT2D eigenvalue weighted by molar-refractivity contribution is -0.117. The minimum atomic E-state index is -0.204. The third-order valence-electron chi connectivity index (χ3n) is 3.20. The second-order valence-corrected chi connectivity index (χ2v) is 4.93. The highest BCUT2D eigenvalue weighted by Gasteiger charge is 2.09. The average molecular weight is 296 g/mol. The number of benzene rings is 1. The number of carbonyl (C=O) groups is 1. The van der Waals surface area contributed by atoms with Crippen molar-refractivity contribution in [3.05, 3.63) is 60.2 Å². The first-order valence-electron chi connectivity index (χ1n) is 6.92. The topological polar surface area (TPSA) is 77.6 Å². The molecule has 0 spiro atoms. The third-order valence-corrected chi connectivity index (χ3v) is 3.20. The zero-order valence-corrected chi connectivity index (χ0v) is 12.2. The van der Waals surface area contributed by atoms with Gasteiger partial charge in [0.15, 0.2) is 0 Å². The van der Waals surface area contributed by atoms with Gasteiger partial charge in [0.05, 0.1) is 6.54 Å². The summed E-state index contributed by atoms with van der Waals surface area (Å²) in [6.07, 6.45) is 3.26. The highest BCUT2D eigenvalue weighted by atomic mass is 16.2. The Morgan fingerprint density at radius 3 is 2.77 bits per heavy atom. The van der Waals surface area contributed by atoms with E-state index in [0.717, 1.165) is 11.3 Å². The lowest BCUT2D eigenvalue weighted by atomic mass is 10.2. The van der Waals surface area contributed by atoms with Crippen LogP contribution in [0.3, 0.4) is 0 Å². The first kappa shape index (κ1) is 14.0. The van der Waals surface area contributed by atoms with E-state index in [0.29, 0.717) is 12.5 Å². The molecule has 0 atom stereocenters. The molecule has 7 nitrogen and oxygen atoms in total. The molecule has 0 aliphatic rings. The summed E-state index contributed by atoms with van der Waals surface area (Å²) in [5, 5.41) is 11.0. The molecule has 112 valence electrons. The summed E-state index contributed by atoms with van der Waals surface area (Å²) in [4.78, 5) is 16.0. The number of aromatic nitrogens is 5. The number of rotatable bonds is 5. The minimum Gasteiger partial charge on any atom is -0.292 e. The number of hydrogen-bond donors (Lipinski definition) is 1. The standard InChI is InChI=1S/C15H16N6O/c1-12-7-8-17-21(12)10-14(22)18-15-16-11-20(19-15)9-13-5-3-2-4-6-13/h2-8,11H,9-10H2,1H3,(H,18,19,22). The summed E-state index contributed by atoms with van der Waals surface area (Å²) in [5.41, 5.74) is 2.05. The van der Waals surface area contributed by atoms with Gasteiger partial charge in [0, 0.05) is 11.9 Å². The summed E-state index contributed by atoms with van der Waals surface area (Å²) in [6, 6.07) is 11.8. The van der Waals surface area contributed by atoms with Crippen molar-refractivity contribution in [2.45, 2.75) is 20.0 Å². The molecule has 0 aliphatic heterocycles. The Kier molecular flexibility index (Phi) is 3.95. The van der Waals surface area contributed by atoms with Crippen LogP contribution in [-0.2, 0) is 17.9 Å². The van der Waals surface area contributed by atoms with Crippen LogP contribution in [0, 0.1) is 6.92 Å². The summed E-state index contributed by atoms with van der Waals surface area (Å²) in [6.45, 7) is 2.65. The molecule has 1 aromatic carbocycles. The van der Waals surface area contributed by atoms with Crippen LogP contribution in [0.25, 0.3) is 0 Å². The van der Waals surface area contributed by atoms with E-state index in [1.807, 2.05) is 43.3 Å². The SMILES string of the molecule is Cc1ccnn1CC(=O)Nc1ncn(Cc2ccccc2)n1. The van der Waals surface area contributed by atoms with Gasteiger partial charge >= 0.3 is 0 Å². The van der Waals surface area contributed by atoms with E-state index >= 15 is 0 Å². The number of nitrogens with zero attached hydrogens (tertiary/aromatic N) is 5. The maximum absolute atomic E-state index is 11.9. The molecule has 22 heavy (non-hydrogen) atoms. The number of aryl methyl sites for hydroxylation is 1. The normalized spacial score (nSPS) is 10.6. The van der Waals surface area contributed by atoms with Gasteiger partial charge < -0.3 is 0 Å². The maximum atomic E-state index is 11.9. The Morgan fingerprint density at radius 2 is 2.05 bits per heavy atom. The lowest BCUT2D eigenvalue weighted by Crippen LogP contribution is -2.21. The van der Waals surface area contributed by atoms with Crippen molar-refractivity contribution in [2.24, 2.45) is 0 Å². The lowest BCUT2D eigenvalue weighted by Gasteiger charge is -2.03. The predicted octanol–water partition coefficient (Wildman–Crippen LogP) is 1.47. The van der Waals surface area contributed by atoms with Crippen molar-refractivity contribution in [3.8, 4) is 0 Å². The van der Waals surface area contributed by atoms with Gasteiger partial charge in [-0.15, -0.1) is 5.10 Å². The molecular weight excluding hydrogens is 280 g/mol. The van der Waals surface area contributed by atoms with Gasteiger partial charge in [-0.1, -0.05) is 30.3 Å².